The lowest BCUT2D eigenvalue weighted by atomic mass is 10.1. The lowest BCUT2D eigenvalue weighted by Crippen LogP contribution is -2.35. The molecular formula is C26H31ClN2O5. The molecule has 1 heterocycles. The molecule has 0 saturated carbocycles. The number of aromatic nitrogens is 2. The molecule has 0 radical (unpaired) electrons. The van der Waals surface area contributed by atoms with E-state index in [0.717, 1.165) is 16.8 Å². The first-order chi connectivity index (χ1) is 16.3. The Bertz CT molecular complexity index is 1100. The maximum atomic E-state index is 12.0. The van der Waals surface area contributed by atoms with Crippen molar-refractivity contribution in [1.29, 1.82) is 0 Å². The molecule has 0 spiro atoms. The molecule has 34 heavy (non-hydrogen) atoms. The molecule has 0 aliphatic heterocycles. The van der Waals surface area contributed by atoms with Crippen molar-refractivity contribution >= 4 is 17.6 Å². The normalized spacial score (nSPS) is 11.4. The smallest absolute Gasteiger partial charge is 0.337 e. The number of esters is 1. The van der Waals surface area contributed by atoms with Crippen molar-refractivity contribution in [2.45, 2.75) is 46.4 Å². The lowest BCUT2D eigenvalue weighted by Gasteiger charge is -2.21. The SMILES string of the molecule is CCOc1cc(OCC)cc(-c2cc(COC(C)(C)C(=O)OC)nn2Cc2ccccc2Cl)c1. The summed E-state index contributed by atoms with van der Waals surface area (Å²) in [6, 6.07) is 15.4. The lowest BCUT2D eigenvalue weighted by molar-refractivity contribution is -0.166. The van der Waals surface area contributed by atoms with E-state index in [0.29, 0.717) is 42.0 Å². The molecule has 0 aliphatic carbocycles. The van der Waals surface area contributed by atoms with Gasteiger partial charge in [0.15, 0.2) is 5.60 Å². The number of ether oxygens (including phenoxy) is 4. The first-order valence-electron chi connectivity index (χ1n) is 11.2. The van der Waals surface area contributed by atoms with Crippen LogP contribution in [0.25, 0.3) is 11.3 Å². The quantitative estimate of drug-likeness (QED) is 0.332. The van der Waals surface area contributed by atoms with E-state index in [4.69, 9.17) is 35.6 Å². The number of hydrogen-bond acceptors (Lipinski definition) is 6. The van der Waals surface area contributed by atoms with Gasteiger partial charge in [-0.1, -0.05) is 29.8 Å². The minimum Gasteiger partial charge on any atom is -0.494 e. The molecule has 0 aliphatic rings. The molecule has 0 unspecified atom stereocenters. The average Bonchev–Trinajstić information content (AvgIpc) is 3.22. The highest BCUT2D eigenvalue weighted by atomic mass is 35.5. The van der Waals surface area contributed by atoms with E-state index in [-0.39, 0.29) is 6.61 Å². The van der Waals surface area contributed by atoms with Crippen molar-refractivity contribution in [3.8, 4) is 22.8 Å². The van der Waals surface area contributed by atoms with E-state index in [2.05, 4.69) is 0 Å². The monoisotopic (exact) mass is 486 g/mol. The maximum Gasteiger partial charge on any atom is 0.337 e. The molecule has 0 N–H and O–H groups in total. The van der Waals surface area contributed by atoms with Gasteiger partial charge in [-0.25, -0.2) is 4.79 Å². The van der Waals surface area contributed by atoms with Crippen LogP contribution in [0, 0.1) is 0 Å². The van der Waals surface area contributed by atoms with E-state index in [1.54, 1.807) is 13.8 Å². The van der Waals surface area contributed by atoms with Gasteiger partial charge < -0.3 is 18.9 Å². The molecule has 0 saturated heterocycles. The molecule has 3 aromatic rings. The topological polar surface area (TPSA) is 71.8 Å². The summed E-state index contributed by atoms with van der Waals surface area (Å²) in [6.45, 7) is 8.87. The number of rotatable bonds is 11. The van der Waals surface area contributed by atoms with Gasteiger partial charge in [0.2, 0.25) is 0 Å². The Morgan fingerprint density at radius 3 is 2.26 bits per heavy atom. The molecule has 3 rings (SSSR count). The second-order valence-electron chi connectivity index (χ2n) is 8.12. The minimum absolute atomic E-state index is 0.133. The van der Waals surface area contributed by atoms with Gasteiger partial charge in [-0.05, 0) is 57.5 Å². The molecule has 182 valence electrons. The number of methoxy groups -OCH3 is 1. The second-order valence-corrected chi connectivity index (χ2v) is 8.53. The Morgan fingerprint density at radius 2 is 1.68 bits per heavy atom. The molecule has 7 nitrogen and oxygen atoms in total. The number of nitrogens with zero attached hydrogens (tertiary/aromatic N) is 2. The van der Waals surface area contributed by atoms with Crippen molar-refractivity contribution in [3.63, 3.8) is 0 Å². The first-order valence-corrected chi connectivity index (χ1v) is 11.6. The summed E-state index contributed by atoms with van der Waals surface area (Å²) in [5.41, 5.74) is 2.23. The molecule has 2 aromatic carbocycles. The fourth-order valence-corrected chi connectivity index (χ4v) is 3.66. The van der Waals surface area contributed by atoms with E-state index in [1.807, 2.05) is 67.1 Å². The first kappa shape index (κ1) is 25.6. The zero-order valence-corrected chi connectivity index (χ0v) is 21.0. The number of hydrogen-bond donors (Lipinski definition) is 0. The van der Waals surface area contributed by atoms with Crippen molar-refractivity contribution < 1.29 is 23.7 Å². The fraction of sp³-hybridized carbons (Fsp3) is 0.385. The summed E-state index contributed by atoms with van der Waals surface area (Å²) in [4.78, 5) is 12.0. The van der Waals surface area contributed by atoms with Crippen LogP contribution in [0.2, 0.25) is 5.02 Å². The molecule has 0 fully saturated rings. The molecule has 0 bridgehead atoms. The van der Waals surface area contributed by atoms with Gasteiger partial charge in [0.05, 0.1) is 44.9 Å². The van der Waals surface area contributed by atoms with E-state index < -0.39 is 11.6 Å². The molecule has 0 amide bonds. The van der Waals surface area contributed by atoms with Gasteiger partial charge in [-0.2, -0.15) is 5.10 Å². The average molecular weight is 487 g/mol. The van der Waals surface area contributed by atoms with Crippen LogP contribution in [0.4, 0.5) is 0 Å². The maximum absolute atomic E-state index is 12.0. The Balaban J connectivity index is 2.02. The number of benzene rings is 2. The van der Waals surface area contributed by atoms with Gasteiger partial charge in [-0.3, -0.25) is 4.68 Å². The summed E-state index contributed by atoms with van der Waals surface area (Å²) in [5.74, 6) is 0.964. The second kappa shape index (κ2) is 11.4. The summed E-state index contributed by atoms with van der Waals surface area (Å²) in [7, 11) is 1.34. The molecule has 8 heteroatoms. The van der Waals surface area contributed by atoms with Crippen molar-refractivity contribution in [1.82, 2.24) is 9.78 Å². The third kappa shape index (κ3) is 6.30. The zero-order valence-electron chi connectivity index (χ0n) is 20.3. The van der Waals surface area contributed by atoms with Crippen LogP contribution in [0.1, 0.15) is 39.0 Å². The standard InChI is InChI=1S/C26H31ClN2O5/c1-6-32-21-12-19(13-22(15-21)33-7-2)24-14-20(17-34-26(3,4)25(30)31-5)28-29(24)16-18-10-8-9-11-23(18)27/h8-15H,6-7,16-17H2,1-5H3. The Morgan fingerprint density at radius 1 is 1.03 bits per heavy atom. The van der Waals surface area contributed by atoms with Crippen molar-refractivity contribution in [2.75, 3.05) is 20.3 Å². The highest BCUT2D eigenvalue weighted by Crippen LogP contribution is 2.32. The number of carbonyl (C=O) groups is 1. The number of halogens is 1. The Hall–Kier alpha value is -3.03. The van der Waals surface area contributed by atoms with E-state index in [9.17, 15) is 4.79 Å². The molecular weight excluding hydrogens is 456 g/mol. The van der Waals surface area contributed by atoms with E-state index >= 15 is 0 Å². The highest BCUT2D eigenvalue weighted by Gasteiger charge is 2.30. The predicted molar refractivity (Wildman–Crippen MR) is 131 cm³/mol. The van der Waals surface area contributed by atoms with Crippen LogP contribution in [0.3, 0.4) is 0 Å². The van der Waals surface area contributed by atoms with E-state index in [1.165, 1.54) is 7.11 Å². The summed E-state index contributed by atoms with van der Waals surface area (Å²) >= 11 is 6.43. The molecule has 0 atom stereocenters. The van der Waals surface area contributed by atoms with Crippen LogP contribution in [0.5, 0.6) is 11.5 Å². The highest BCUT2D eigenvalue weighted by molar-refractivity contribution is 6.31. The van der Waals surface area contributed by atoms with Crippen LogP contribution < -0.4 is 9.47 Å². The van der Waals surface area contributed by atoms with Gasteiger partial charge in [-0.15, -0.1) is 0 Å². The third-order valence-electron chi connectivity index (χ3n) is 5.16. The Kier molecular flexibility index (Phi) is 8.58. The minimum atomic E-state index is -1.10. The largest absolute Gasteiger partial charge is 0.494 e. The summed E-state index contributed by atoms with van der Waals surface area (Å²) in [6.07, 6.45) is 0. The third-order valence-corrected chi connectivity index (χ3v) is 5.53. The van der Waals surface area contributed by atoms with Crippen molar-refractivity contribution in [2.24, 2.45) is 0 Å². The van der Waals surface area contributed by atoms with Gasteiger partial charge in [0.1, 0.15) is 11.5 Å². The predicted octanol–water partition coefficient (Wildman–Crippen LogP) is 5.52. The van der Waals surface area contributed by atoms with Gasteiger partial charge >= 0.3 is 5.97 Å². The fourth-order valence-electron chi connectivity index (χ4n) is 3.46. The Labute approximate surface area is 205 Å². The van der Waals surface area contributed by atoms with Crippen LogP contribution >= 0.6 is 11.6 Å². The van der Waals surface area contributed by atoms with Crippen molar-refractivity contribution in [3.05, 3.63) is 64.8 Å². The van der Waals surface area contributed by atoms with Crippen LogP contribution in [-0.4, -0.2) is 41.7 Å². The summed E-state index contributed by atoms with van der Waals surface area (Å²) < 4.78 is 24.1. The van der Waals surface area contributed by atoms with Gasteiger partial charge in [0, 0.05) is 16.7 Å². The van der Waals surface area contributed by atoms with Crippen LogP contribution in [-0.2, 0) is 27.4 Å². The summed E-state index contributed by atoms with van der Waals surface area (Å²) in [5, 5.41) is 5.42. The zero-order chi connectivity index (χ0) is 24.7. The van der Waals surface area contributed by atoms with Crippen LogP contribution in [0.15, 0.2) is 48.5 Å². The molecule has 1 aromatic heterocycles. The number of carbonyl (C=O) groups excluding carboxylic acids is 1. The van der Waals surface area contributed by atoms with Gasteiger partial charge in [0.25, 0.3) is 0 Å².